The monoisotopic (exact) mass is 357 g/mol. The number of hydrogen-bond donors (Lipinski definition) is 3. The Labute approximate surface area is 136 Å². The van der Waals surface area contributed by atoms with E-state index < -0.39 is 25.5 Å². The van der Waals surface area contributed by atoms with E-state index in [9.17, 15) is 18.5 Å². The second kappa shape index (κ2) is 6.32. The van der Waals surface area contributed by atoms with E-state index >= 15 is 0 Å². The molecule has 130 valence electrons. The molecule has 0 radical (unpaired) electrons. The van der Waals surface area contributed by atoms with Gasteiger partial charge in [0.25, 0.3) is 5.69 Å². The highest BCUT2D eigenvalue weighted by Crippen LogP contribution is 2.35. The van der Waals surface area contributed by atoms with Gasteiger partial charge in [-0.1, -0.05) is 0 Å². The summed E-state index contributed by atoms with van der Waals surface area (Å²) < 4.78 is 34.1. The van der Waals surface area contributed by atoms with Gasteiger partial charge in [0.15, 0.2) is 0 Å². The number of nitrogens with zero attached hydrogens (tertiary/aromatic N) is 2. The lowest BCUT2D eigenvalue weighted by Crippen LogP contribution is -2.34. The van der Waals surface area contributed by atoms with Gasteiger partial charge in [-0.15, -0.1) is 0 Å². The molecule has 0 amide bonds. The van der Waals surface area contributed by atoms with Crippen molar-refractivity contribution in [2.75, 3.05) is 31.7 Å². The van der Waals surface area contributed by atoms with Crippen LogP contribution in [-0.4, -0.2) is 55.8 Å². The topological polar surface area (TPSA) is 162 Å². The molecule has 0 aliphatic carbocycles. The van der Waals surface area contributed by atoms with Crippen molar-refractivity contribution in [3.05, 3.63) is 22.5 Å². The minimum atomic E-state index is -4.17. The third-order valence-electron chi connectivity index (χ3n) is 3.54. The predicted molar refractivity (Wildman–Crippen MR) is 83.2 cm³/mol. The van der Waals surface area contributed by atoms with Crippen LogP contribution in [0, 0.1) is 10.1 Å². The van der Waals surface area contributed by atoms with Gasteiger partial charge in [-0.25, -0.2) is 18.5 Å². The van der Waals surface area contributed by atoms with E-state index in [1.54, 1.807) is 0 Å². The molecule has 24 heavy (non-hydrogen) atoms. The smallest absolute Gasteiger partial charge is 0.296 e. The first-order valence-corrected chi connectivity index (χ1v) is 8.53. The number of hydrogen-bond acceptors (Lipinski definition) is 8. The first kappa shape index (κ1) is 16.6. The van der Waals surface area contributed by atoms with Crippen molar-refractivity contribution in [1.82, 2.24) is 9.97 Å². The molecule has 11 nitrogen and oxygen atoms in total. The molecule has 0 saturated carbocycles. The third kappa shape index (κ3) is 3.17. The number of aromatic nitrogens is 2. The van der Waals surface area contributed by atoms with Crippen LogP contribution in [0.1, 0.15) is 0 Å². The normalized spacial score (nSPS) is 18.6. The van der Waals surface area contributed by atoms with Crippen LogP contribution in [0.25, 0.3) is 11.0 Å². The van der Waals surface area contributed by atoms with E-state index in [4.69, 9.17) is 14.6 Å². The fraction of sp³-hybridized carbons (Fsp3) is 0.417. The molecule has 1 fully saturated rings. The maximum absolute atomic E-state index is 11.7. The zero-order valence-corrected chi connectivity index (χ0v) is 13.2. The second-order valence-electron chi connectivity index (χ2n) is 5.15. The maximum Gasteiger partial charge on any atom is 0.296 e. The summed E-state index contributed by atoms with van der Waals surface area (Å²) in [6.07, 6.45) is 0.975. The molecule has 2 aromatic rings. The number of aromatic amines is 1. The van der Waals surface area contributed by atoms with Crippen molar-refractivity contribution in [2.24, 2.45) is 5.14 Å². The second-order valence-corrected chi connectivity index (χ2v) is 6.68. The molecular formula is C12H15N5O6S. The van der Waals surface area contributed by atoms with Gasteiger partial charge < -0.3 is 19.8 Å². The lowest BCUT2D eigenvalue weighted by molar-refractivity contribution is -0.384. The summed E-state index contributed by atoms with van der Waals surface area (Å²) in [7, 11) is -4.17. The SMILES string of the molecule is NS(=O)(=O)c1cc([N+](=O)[O-])c(NCC2COCCO2)c2[nH]cnc12. The lowest BCUT2D eigenvalue weighted by atomic mass is 10.2. The Balaban J connectivity index is 2.04. The lowest BCUT2D eigenvalue weighted by Gasteiger charge is -2.23. The zero-order chi connectivity index (χ0) is 17.3. The van der Waals surface area contributed by atoms with Crippen LogP contribution >= 0.6 is 0 Å². The molecular weight excluding hydrogens is 342 g/mol. The highest BCUT2D eigenvalue weighted by molar-refractivity contribution is 7.89. The number of nitro groups is 1. The number of H-pyrrole nitrogens is 1. The first-order valence-electron chi connectivity index (χ1n) is 6.98. The molecule has 1 unspecified atom stereocenters. The minimum Gasteiger partial charge on any atom is -0.376 e. The Morgan fingerprint density at radius 2 is 2.29 bits per heavy atom. The molecule has 0 spiro atoms. The highest BCUT2D eigenvalue weighted by Gasteiger charge is 2.27. The summed E-state index contributed by atoms with van der Waals surface area (Å²) in [5.74, 6) is 0. The van der Waals surface area contributed by atoms with E-state index in [0.717, 1.165) is 6.07 Å². The van der Waals surface area contributed by atoms with Crippen LogP contribution in [0.15, 0.2) is 17.3 Å². The van der Waals surface area contributed by atoms with Gasteiger partial charge in [-0.3, -0.25) is 10.1 Å². The van der Waals surface area contributed by atoms with Gasteiger partial charge >= 0.3 is 0 Å². The van der Waals surface area contributed by atoms with Gasteiger partial charge in [0.1, 0.15) is 16.1 Å². The van der Waals surface area contributed by atoms with Gasteiger partial charge in [0.2, 0.25) is 10.0 Å². The number of nitrogens with two attached hydrogens (primary N) is 1. The number of rotatable bonds is 5. The molecule has 12 heteroatoms. The summed E-state index contributed by atoms with van der Waals surface area (Å²) in [6.45, 7) is 1.56. The third-order valence-corrected chi connectivity index (χ3v) is 4.47. The molecule has 1 aliphatic rings. The Bertz CT molecular complexity index is 873. The van der Waals surface area contributed by atoms with E-state index in [-0.39, 0.29) is 29.4 Å². The summed E-state index contributed by atoms with van der Waals surface area (Å²) in [5.41, 5.74) is -0.0852. The van der Waals surface area contributed by atoms with E-state index in [0.29, 0.717) is 19.8 Å². The number of anilines is 1. The molecule has 1 aromatic carbocycles. The summed E-state index contributed by atoms with van der Waals surface area (Å²) in [6, 6.07) is 0.902. The van der Waals surface area contributed by atoms with Gasteiger partial charge in [-0.05, 0) is 0 Å². The van der Waals surface area contributed by atoms with Crippen LogP contribution in [0.4, 0.5) is 11.4 Å². The Kier molecular flexibility index (Phi) is 4.36. The van der Waals surface area contributed by atoms with Crippen molar-refractivity contribution in [3.8, 4) is 0 Å². The molecule has 1 atom stereocenters. The number of primary sulfonamides is 1. The predicted octanol–water partition coefficient (Wildman–Crippen LogP) is -0.0542. The molecule has 1 aromatic heterocycles. The number of ether oxygens (including phenoxy) is 2. The molecule has 0 bridgehead atoms. The van der Waals surface area contributed by atoms with Crippen LogP contribution in [-0.2, 0) is 19.5 Å². The first-order chi connectivity index (χ1) is 11.4. The summed E-state index contributed by atoms with van der Waals surface area (Å²) in [5, 5.41) is 19.4. The van der Waals surface area contributed by atoms with E-state index in [1.807, 2.05) is 0 Å². The standard InChI is InChI=1S/C12H15N5O6S/c13-24(20,21)9-3-8(17(18)19)10(12-11(9)15-6-16-12)14-4-7-5-22-1-2-23-7/h3,6-7,14H,1-2,4-5H2,(H,15,16)(H2,13,20,21). The summed E-state index contributed by atoms with van der Waals surface area (Å²) in [4.78, 5) is 16.9. The van der Waals surface area contributed by atoms with Crippen LogP contribution in [0.3, 0.4) is 0 Å². The van der Waals surface area contributed by atoms with Crippen LogP contribution < -0.4 is 10.5 Å². The Morgan fingerprint density at radius 3 is 2.92 bits per heavy atom. The number of nitrogens with one attached hydrogen (secondary N) is 2. The van der Waals surface area contributed by atoms with Crippen molar-refractivity contribution in [3.63, 3.8) is 0 Å². The maximum atomic E-state index is 11.7. The van der Waals surface area contributed by atoms with E-state index in [2.05, 4.69) is 15.3 Å². The molecule has 2 heterocycles. The van der Waals surface area contributed by atoms with Gasteiger partial charge in [-0.2, -0.15) is 0 Å². The molecule has 3 rings (SSSR count). The minimum absolute atomic E-state index is 0.0337. The fourth-order valence-corrected chi connectivity index (χ4v) is 3.17. The van der Waals surface area contributed by atoms with Crippen molar-refractivity contribution < 1.29 is 22.8 Å². The van der Waals surface area contributed by atoms with Crippen LogP contribution in [0.5, 0.6) is 0 Å². The Morgan fingerprint density at radius 1 is 1.50 bits per heavy atom. The van der Waals surface area contributed by atoms with Gasteiger partial charge in [0, 0.05) is 12.6 Å². The largest absolute Gasteiger partial charge is 0.376 e. The quantitative estimate of drug-likeness (QED) is 0.495. The average molecular weight is 357 g/mol. The number of sulfonamides is 1. The fourth-order valence-electron chi connectivity index (χ4n) is 2.47. The number of nitro benzene ring substituents is 1. The summed E-state index contributed by atoms with van der Waals surface area (Å²) >= 11 is 0. The number of benzene rings is 1. The number of imidazole rings is 1. The van der Waals surface area contributed by atoms with E-state index in [1.165, 1.54) is 6.33 Å². The van der Waals surface area contributed by atoms with Crippen LogP contribution in [0.2, 0.25) is 0 Å². The molecule has 4 N–H and O–H groups in total. The highest BCUT2D eigenvalue weighted by atomic mass is 32.2. The van der Waals surface area contributed by atoms with Crippen molar-refractivity contribution in [2.45, 2.75) is 11.0 Å². The average Bonchev–Trinajstić information content (AvgIpc) is 3.01. The van der Waals surface area contributed by atoms with Crippen molar-refractivity contribution in [1.29, 1.82) is 0 Å². The van der Waals surface area contributed by atoms with Crippen molar-refractivity contribution >= 4 is 32.4 Å². The van der Waals surface area contributed by atoms with Gasteiger partial charge in [0.05, 0.1) is 42.7 Å². The Hall–Kier alpha value is -2.28. The molecule has 1 aliphatic heterocycles. The number of fused-ring (bicyclic) bond motifs is 1. The zero-order valence-electron chi connectivity index (χ0n) is 12.4. The molecule has 1 saturated heterocycles.